The first-order valence-electron chi connectivity index (χ1n) is 7.23. The highest BCUT2D eigenvalue weighted by molar-refractivity contribution is 7.99. The molecule has 0 atom stereocenters. The molecule has 0 saturated carbocycles. The number of aliphatic hydroxyl groups excluding tert-OH is 1. The number of benzene rings is 2. The highest BCUT2D eigenvalue weighted by Gasteiger charge is 2.06. The lowest BCUT2D eigenvalue weighted by atomic mass is 10.0. The number of carbonyl (C=O) groups is 1. The average molecular weight is 303 g/mol. The van der Waals surface area contributed by atoms with E-state index in [2.05, 4.69) is 23.5 Å². The Morgan fingerprint density at radius 1 is 1.10 bits per heavy atom. The molecule has 0 heterocycles. The van der Waals surface area contributed by atoms with E-state index < -0.39 is 0 Å². The molecule has 0 aliphatic carbocycles. The number of hydrogen-bond acceptors (Lipinski definition) is 3. The Balaban J connectivity index is 1.82. The molecule has 0 bridgehead atoms. The Bertz CT molecular complexity index is 581. The van der Waals surface area contributed by atoms with Gasteiger partial charge in [0.1, 0.15) is 0 Å². The summed E-state index contributed by atoms with van der Waals surface area (Å²) in [6.45, 7) is 0.917. The van der Waals surface area contributed by atoms with Gasteiger partial charge in [-0.1, -0.05) is 42.5 Å². The van der Waals surface area contributed by atoms with E-state index in [9.17, 15) is 4.79 Å². The monoisotopic (exact) mass is 303 g/mol. The highest BCUT2D eigenvalue weighted by Crippen LogP contribution is 2.18. The van der Waals surface area contributed by atoms with Gasteiger partial charge >= 0.3 is 0 Å². The van der Waals surface area contributed by atoms with E-state index in [1.165, 1.54) is 5.39 Å². The molecule has 112 valence electrons. The molecular formula is C17H21NO2S. The van der Waals surface area contributed by atoms with Crippen molar-refractivity contribution in [2.24, 2.45) is 0 Å². The first-order chi connectivity index (χ1) is 10.3. The summed E-state index contributed by atoms with van der Waals surface area (Å²) in [5, 5.41) is 13.9. The van der Waals surface area contributed by atoms with Crippen molar-refractivity contribution in [2.75, 3.05) is 24.7 Å². The van der Waals surface area contributed by atoms with E-state index in [-0.39, 0.29) is 12.5 Å². The maximum absolute atomic E-state index is 12.0. The molecule has 2 rings (SSSR count). The van der Waals surface area contributed by atoms with E-state index in [1.807, 2.05) is 24.3 Å². The second-order valence-corrected chi connectivity index (χ2v) is 6.08. The number of aliphatic hydroxyl groups is 1. The van der Waals surface area contributed by atoms with Gasteiger partial charge in [-0.15, -0.1) is 0 Å². The van der Waals surface area contributed by atoms with Gasteiger partial charge in [0.05, 0.1) is 6.42 Å². The standard InChI is InChI=1S/C17H21NO2S/c19-10-4-11-21-12-9-18-17(20)13-15-7-3-6-14-5-1-2-8-16(14)15/h1-3,5-8,19H,4,9-13H2,(H,18,20). The first kappa shape index (κ1) is 15.9. The van der Waals surface area contributed by atoms with Crippen LogP contribution in [0, 0.1) is 0 Å². The van der Waals surface area contributed by atoms with Crippen LogP contribution in [0.4, 0.5) is 0 Å². The van der Waals surface area contributed by atoms with Crippen LogP contribution < -0.4 is 5.32 Å². The van der Waals surface area contributed by atoms with Crippen molar-refractivity contribution in [1.29, 1.82) is 0 Å². The van der Waals surface area contributed by atoms with Crippen molar-refractivity contribution in [1.82, 2.24) is 5.32 Å². The molecule has 0 radical (unpaired) electrons. The van der Waals surface area contributed by atoms with Crippen LogP contribution in [0.25, 0.3) is 10.8 Å². The normalized spacial score (nSPS) is 10.7. The van der Waals surface area contributed by atoms with Crippen LogP contribution >= 0.6 is 11.8 Å². The fourth-order valence-electron chi connectivity index (χ4n) is 2.21. The number of thioether (sulfide) groups is 1. The molecule has 1 amide bonds. The molecule has 21 heavy (non-hydrogen) atoms. The number of nitrogens with one attached hydrogen (secondary N) is 1. The predicted molar refractivity (Wildman–Crippen MR) is 89.7 cm³/mol. The van der Waals surface area contributed by atoms with E-state index in [0.717, 1.165) is 28.9 Å². The molecule has 0 fully saturated rings. The van der Waals surface area contributed by atoms with Gasteiger partial charge in [-0.25, -0.2) is 0 Å². The summed E-state index contributed by atoms with van der Waals surface area (Å²) in [5.74, 6) is 1.89. The maximum atomic E-state index is 12.0. The Hall–Kier alpha value is -1.52. The van der Waals surface area contributed by atoms with Crippen molar-refractivity contribution in [2.45, 2.75) is 12.8 Å². The molecular weight excluding hydrogens is 282 g/mol. The molecule has 3 nitrogen and oxygen atoms in total. The molecule has 0 aromatic heterocycles. The molecule has 2 aromatic rings. The lowest BCUT2D eigenvalue weighted by Gasteiger charge is -2.08. The quantitative estimate of drug-likeness (QED) is 0.737. The third-order valence-electron chi connectivity index (χ3n) is 3.25. The molecule has 0 spiro atoms. The van der Waals surface area contributed by atoms with Gasteiger partial charge < -0.3 is 10.4 Å². The summed E-state index contributed by atoms with van der Waals surface area (Å²) < 4.78 is 0. The zero-order valence-corrected chi connectivity index (χ0v) is 12.9. The van der Waals surface area contributed by atoms with Gasteiger partial charge in [0.2, 0.25) is 5.91 Å². The molecule has 2 N–H and O–H groups in total. The molecule has 0 aliphatic rings. The molecule has 4 heteroatoms. The van der Waals surface area contributed by atoms with Crippen LogP contribution in [-0.4, -0.2) is 35.7 Å². The second-order valence-electron chi connectivity index (χ2n) is 4.85. The molecule has 2 aromatic carbocycles. The molecule has 0 unspecified atom stereocenters. The molecule has 0 aliphatic heterocycles. The smallest absolute Gasteiger partial charge is 0.224 e. The third kappa shape index (κ3) is 5.06. The summed E-state index contributed by atoms with van der Waals surface area (Å²) in [6.07, 6.45) is 1.23. The summed E-state index contributed by atoms with van der Waals surface area (Å²) >= 11 is 1.75. The number of fused-ring (bicyclic) bond motifs is 1. The summed E-state index contributed by atoms with van der Waals surface area (Å²) in [7, 11) is 0. The fourth-order valence-corrected chi connectivity index (χ4v) is 3.00. The van der Waals surface area contributed by atoms with Crippen molar-refractivity contribution in [3.63, 3.8) is 0 Å². The minimum Gasteiger partial charge on any atom is -0.396 e. The van der Waals surface area contributed by atoms with E-state index in [1.54, 1.807) is 11.8 Å². The highest BCUT2D eigenvalue weighted by atomic mass is 32.2. The summed E-state index contributed by atoms with van der Waals surface area (Å²) in [5.41, 5.74) is 1.07. The number of carbonyl (C=O) groups excluding carboxylic acids is 1. The topological polar surface area (TPSA) is 49.3 Å². The van der Waals surface area contributed by atoms with Crippen molar-refractivity contribution in [3.8, 4) is 0 Å². The minimum absolute atomic E-state index is 0.0640. The Kier molecular flexibility index (Phi) is 6.57. The van der Waals surface area contributed by atoms with E-state index >= 15 is 0 Å². The summed E-state index contributed by atoms with van der Waals surface area (Å²) in [6, 6.07) is 14.2. The zero-order chi connectivity index (χ0) is 14.9. The van der Waals surface area contributed by atoms with Crippen molar-refractivity contribution in [3.05, 3.63) is 48.0 Å². The Morgan fingerprint density at radius 3 is 2.76 bits per heavy atom. The van der Waals surface area contributed by atoms with Crippen LogP contribution in [0.5, 0.6) is 0 Å². The van der Waals surface area contributed by atoms with Gasteiger partial charge in [0.15, 0.2) is 0 Å². The first-order valence-corrected chi connectivity index (χ1v) is 8.38. The van der Waals surface area contributed by atoms with Gasteiger partial charge in [0, 0.05) is 18.9 Å². The van der Waals surface area contributed by atoms with Crippen molar-refractivity contribution >= 4 is 28.4 Å². The van der Waals surface area contributed by atoms with Crippen LogP contribution in [0.3, 0.4) is 0 Å². The van der Waals surface area contributed by atoms with E-state index in [0.29, 0.717) is 13.0 Å². The molecule has 0 saturated heterocycles. The second kappa shape index (κ2) is 8.70. The maximum Gasteiger partial charge on any atom is 0.224 e. The Labute approximate surface area is 129 Å². The number of rotatable bonds is 8. The average Bonchev–Trinajstić information content (AvgIpc) is 2.51. The number of hydrogen-bond donors (Lipinski definition) is 2. The van der Waals surface area contributed by atoms with Crippen LogP contribution in [0.15, 0.2) is 42.5 Å². The Morgan fingerprint density at radius 2 is 1.90 bits per heavy atom. The van der Waals surface area contributed by atoms with Crippen molar-refractivity contribution < 1.29 is 9.90 Å². The van der Waals surface area contributed by atoms with E-state index in [4.69, 9.17) is 5.11 Å². The lowest BCUT2D eigenvalue weighted by molar-refractivity contribution is -0.120. The van der Waals surface area contributed by atoms with Gasteiger partial charge in [-0.3, -0.25) is 4.79 Å². The minimum atomic E-state index is 0.0640. The zero-order valence-electron chi connectivity index (χ0n) is 12.0. The lowest BCUT2D eigenvalue weighted by Crippen LogP contribution is -2.27. The fraction of sp³-hybridized carbons (Fsp3) is 0.353. The summed E-state index contributed by atoms with van der Waals surface area (Å²) in [4.78, 5) is 12.0. The van der Waals surface area contributed by atoms with Crippen LogP contribution in [-0.2, 0) is 11.2 Å². The largest absolute Gasteiger partial charge is 0.396 e. The SMILES string of the molecule is O=C(Cc1cccc2ccccc12)NCCSCCCO. The van der Waals surface area contributed by atoms with Crippen LogP contribution in [0.1, 0.15) is 12.0 Å². The third-order valence-corrected chi connectivity index (χ3v) is 4.32. The van der Waals surface area contributed by atoms with Gasteiger partial charge in [0.25, 0.3) is 0 Å². The van der Waals surface area contributed by atoms with Gasteiger partial charge in [-0.05, 0) is 28.5 Å². The number of amides is 1. The van der Waals surface area contributed by atoms with Crippen LogP contribution in [0.2, 0.25) is 0 Å². The predicted octanol–water partition coefficient (Wildman–Crippen LogP) is 2.61. The van der Waals surface area contributed by atoms with Gasteiger partial charge in [-0.2, -0.15) is 11.8 Å².